The Hall–Kier alpha value is -5.23. The number of hydrogen-bond acceptors (Lipinski definition) is 8. The lowest BCUT2D eigenvalue weighted by atomic mass is 10.0. The van der Waals surface area contributed by atoms with Crippen LogP contribution in [0.5, 0.6) is 23.0 Å². The Kier molecular flexibility index (Phi) is 9.90. The van der Waals surface area contributed by atoms with Crippen LogP contribution in [0.3, 0.4) is 0 Å². The van der Waals surface area contributed by atoms with Crippen LogP contribution in [-0.4, -0.2) is 84.7 Å². The summed E-state index contributed by atoms with van der Waals surface area (Å²) in [6.45, 7) is 0.806. The quantitative estimate of drug-likeness (QED) is 0.234. The van der Waals surface area contributed by atoms with Gasteiger partial charge in [-0.15, -0.1) is 0 Å². The van der Waals surface area contributed by atoms with E-state index in [4.69, 9.17) is 18.9 Å². The fraction of sp³-hybridized carbons (Fsp3) is 0.257. The summed E-state index contributed by atoms with van der Waals surface area (Å²) in [5.41, 5.74) is 2.40. The summed E-state index contributed by atoms with van der Waals surface area (Å²) in [7, 11) is 3.63. The number of nitrogens with one attached hydrogen (secondary N) is 1. The molecule has 1 aliphatic heterocycles. The Balaban J connectivity index is 1.32. The van der Waals surface area contributed by atoms with Crippen LogP contribution < -0.4 is 23.7 Å². The van der Waals surface area contributed by atoms with Gasteiger partial charge >= 0.3 is 0 Å². The average Bonchev–Trinajstić information content (AvgIpc) is 3.55. The number of anilines is 1. The van der Waals surface area contributed by atoms with Gasteiger partial charge in [0.25, 0.3) is 21.8 Å². The molecule has 1 fully saturated rings. The lowest BCUT2D eigenvalue weighted by molar-refractivity contribution is 0.0764. The predicted octanol–water partition coefficient (Wildman–Crippen LogP) is 5.18. The third-order valence-corrected chi connectivity index (χ3v) is 9.17. The van der Waals surface area contributed by atoms with Crippen LogP contribution in [0.1, 0.15) is 27.1 Å². The van der Waals surface area contributed by atoms with Gasteiger partial charge < -0.3 is 28.7 Å². The zero-order valence-corrected chi connectivity index (χ0v) is 27.7. The molecule has 0 bridgehead atoms. The van der Waals surface area contributed by atoms with Gasteiger partial charge in [0.2, 0.25) is 0 Å². The molecular formula is C35H37N3O8S. The predicted molar refractivity (Wildman–Crippen MR) is 178 cm³/mol. The molecule has 5 rings (SSSR count). The number of nitrogens with zero attached hydrogens (tertiary/aromatic N) is 2. The lowest BCUT2D eigenvalue weighted by Gasteiger charge is -2.20. The van der Waals surface area contributed by atoms with E-state index in [-0.39, 0.29) is 28.6 Å². The van der Waals surface area contributed by atoms with E-state index in [1.807, 2.05) is 6.07 Å². The molecule has 47 heavy (non-hydrogen) atoms. The Bertz CT molecular complexity index is 1870. The Labute approximate surface area is 274 Å². The zero-order valence-electron chi connectivity index (χ0n) is 26.9. The molecule has 0 aromatic heterocycles. The smallest absolute Gasteiger partial charge is 0.265 e. The van der Waals surface area contributed by atoms with Crippen molar-refractivity contribution < 1.29 is 37.0 Å². The van der Waals surface area contributed by atoms with Crippen molar-refractivity contribution in [2.24, 2.45) is 0 Å². The van der Waals surface area contributed by atoms with Crippen LogP contribution in [-0.2, 0) is 10.0 Å². The molecule has 0 aliphatic carbocycles. The molecule has 1 saturated heterocycles. The topological polar surface area (TPSA) is 124 Å². The van der Waals surface area contributed by atoms with Crippen LogP contribution in [0.2, 0.25) is 0 Å². The molecule has 0 unspecified atom stereocenters. The third-order valence-electron chi connectivity index (χ3n) is 7.77. The number of carbonyl (C=O) groups excluding carboxylic acids is 2. The maximum Gasteiger partial charge on any atom is 0.265 e. The van der Waals surface area contributed by atoms with Crippen molar-refractivity contribution >= 4 is 27.5 Å². The van der Waals surface area contributed by atoms with Crippen molar-refractivity contribution in [3.05, 3.63) is 96.1 Å². The summed E-state index contributed by atoms with van der Waals surface area (Å²) in [5, 5.41) is 0. The van der Waals surface area contributed by atoms with Gasteiger partial charge in [-0.3, -0.25) is 14.3 Å². The molecule has 246 valence electrons. The van der Waals surface area contributed by atoms with Crippen molar-refractivity contribution in [1.82, 2.24) is 9.80 Å². The second-order valence-corrected chi connectivity index (χ2v) is 12.7. The maximum absolute atomic E-state index is 13.7. The van der Waals surface area contributed by atoms with Gasteiger partial charge in [-0.1, -0.05) is 30.3 Å². The molecule has 11 nitrogen and oxygen atoms in total. The Morgan fingerprint density at radius 3 is 2.15 bits per heavy atom. The summed E-state index contributed by atoms with van der Waals surface area (Å²) in [6, 6.07) is 23.6. The molecule has 1 N–H and O–H groups in total. The highest BCUT2D eigenvalue weighted by Crippen LogP contribution is 2.34. The van der Waals surface area contributed by atoms with E-state index in [1.54, 1.807) is 91.8 Å². The minimum atomic E-state index is -4.12. The van der Waals surface area contributed by atoms with Crippen LogP contribution >= 0.6 is 0 Å². The number of hydrogen-bond donors (Lipinski definition) is 1. The van der Waals surface area contributed by atoms with Gasteiger partial charge in [0, 0.05) is 38.7 Å². The van der Waals surface area contributed by atoms with E-state index in [0.29, 0.717) is 64.7 Å². The van der Waals surface area contributed by atoms with Crippen LogP contribution in [0.25, 0.3) is 11.1 Å². The molecule has 1 heterocycles. The number of ether oxygens (including phenoxy) is 4. The largest absolute Gasteiger partial charge is 0.496 e. The van der Waals surface area contributed by atoms with Crippen molar-refractivity contribution in [1.29, 1.82) is 0 Å². The number of likely N-dealkylation sites (tertiary alicyclic amines) is 1. The van der Waals surface area contributed by atoms with Crippen molar-refractivity contribution in [2.75, 3.05) is 53.2 Å². The summed E-state index contributed by atoms with van der Waals surface area (Å²) in [5.74, 6) is 1.08. The Morgan fingerprint density at radius 2 is 1.47 bits per heavy atom. The van der Waals surface area contributed by atoms with Gasteiger partial charge in [-0.05, 0) is 59.7 Å². The van der Waals surface area contributed by atoms with E-state index >= 15 is 0 Å². The molecular weight excluding hydrogens is 622 g/mol. The van der Waals surface area contributed by atoms with E-state index in [0.717, 1.165) is 0 Å². The first-order valence-corrected chi connectivity index (χ1v) is 16.3. The minimum absolute atomic E-state index is 0.0649. The van der Waals surface area contributed by atoms with Crippen LogP contribution in [0.4, 0.5) is 5.69 Å². The first-order chi connectivity index (χ1) is 22.5. The minimum Gasteiger partial charge on any atom is -0.496 e. The van der Waals surface area contributed by atoms with Crippen molar-refractivity contribution in [2.45, 2.75) is 17.4 Å². The summed E-state index contributed by atoms with van der Waals surface area (Å²) >= 11 is 0. The number of amides is 2. The standard InChI is InChI=1S/C35H37N3O8S/c1-37(2)34(39)25-10-6-9-23(19-25)24-15-16-29(43-3)32(20-24)47(41,42)36-26-11-7-12-27(21-26)46-28-17-18-38(22-28)35(40)33-30(44-4)13-8-14-31(33)45-5/h6-16,19-21,28,36H,17-18,22H2,1-5H3/t28-/m0/s1. The number of rotatable bonds is 11. The molecule has 1 aliphatic rings. The highest BCUT2D eigenvalue weighted by Gasteiger charge is 2.32. The third kappa shape index (κ3) is 7.28. The summed E-state index contributed by atoms with van der Waals surface area (Å²) < 4.78 is 52.4. The molecule has 0 radical (unpaired) electrons. The molecule has 2 amide bonds. The highest BCUT2D eigenvalue weighted by atomic mass is 32.2. The first kappa shape index (κ1) is 33.1. The van der Waals surface area contributed by atoms with E-state index in [1.165, 1.54) is 32.3 Å². The molecule has 0 saturated carbocycles. The van der Waals surface area contributed by atoms with Crippen LogP contribution in [0.15, 0.2) is 89.8 Å². The maximum atomic E-state index is 13.7. The molecule has 4 aromatic carbocycles. The average molecular weight is 660 g/mol. The fourth-order valence-corrected chi connectivity index (χ4v) is 6.67. The normalized spacial score (nSPS) is 14.3. The monoisotopic (exact) mass is 659 g/mol. The molecule has 0 spiro atoms. The van der Waals surface area contributed by atoms with Gasteiger partial charge in [-0.2, -0.15) is 0 Å². The fourth-order valence-electron chi connectivity index (χ4n) is 5.42. The van der Waals surface area contributed by atoms with E-state index in [9.17, 15) is 18.0 Å². The van der Waals surface area contributed by atoms with Gasteiger partial charge in [0.1, 0.15) is 39.6 Å². The number of carbonyl (C=O) groups is 2. The van der Waals surface area contributed by atoms with Gasteiger partial charge in [0.05, 0.1) is 33.6 Å². The van der Waals surface area contributed by atoms with E-state index in [2.05, 4.69) is 4.72 Å². The number of sulfonamides is 1. The van der Waals surface area contributed by atoms with E-state index < -0.39 is 10.0 Å². The number of benzene rings is 4. The first-order valence-electron chi connectivity index (χ1n) is 14.8. The highest BCUT2D eigenvalue weighted by molar-refractivity contribution is 7.92. The second kappa shape index (κ2) is 14.0. The van der Waals surface area contributed by atoms with Crippen LogP contribution in [0, 0.1) is 0 Å². The van der Waals surface area contributed by atoms with Gasteiger partial charge in [0.15, 0.2) is 0 Å². The SMILES string of the molecule is COc1ccc(-c2cccc(C(=O)N(C)C)c2)cc1S(=O)(=O)Nc1cccc(O[C@H]2CCN(C(=O)c3c(OC)cccc3OC)C2)c1. The molecule has 1 atom stereocenters. The lowest BCUT2D eigenvalue weighted by Crippen LogP contribution is -2.31. The number of methoxy groups -OCH3 is 3. The summed E-state index contributed by atoms with van der Waals surface area (Å²) in [6.07, 6.45) is 0.281. The molecule has 12 heteroatoms. The Morgan fingerprint density at radius 1 is 0.809 bits per heavy atom. The van der Waals surface area contributed by atoms with Crippen molar-refractivity contribution in [3.8, 4) is 34.1 Å². The molecule has 4 aromatic rings. The zero-order chi connectivity index (χ0) is 33.7. The second-order valence-electron chi connectivity index (χ2n) is 11.1. The van der Waals surface area contributed by atoms with Gasteiger partial charge in [-0.25, -0.2) is 8.42 Å². The summed E-state index contributed by atoms with van der Waals surface area (Å²) in [4.78, 5) is 29.0. The van der Waals surface area contributed by atoms with Crippen molar-refractivity contribution in [3.63, 3.8) is 0 Å².